The highest BCUT2D eigenvalue weighted by Gasteiger charge is 2.15. The van der Waals surface area contributed by atoms with Gasteiger partial charge in [-0.15, -0.1) is 0 Å². The zero-order chi connectivity index (χ0) is 13.1. The smallest absolute Gasteiger partial charge is 0.123 e. The number of aldehydes is 3. The monoisotopic (exact) mass is 240 g/mol. The lowest BCUT2D eigenvalue weighted by atomic mass is 9.89. The largest absolute Gasteiger partial charge is 0.303 e. The van der Waals surface area contributed by atoms with Gasteiger partial charge in [-0.05, 0) is 25.7 Å². The summed E-state index contributed by atoms with van der Waals surface area (Å²) < 4.78 is 0. The zero-order valence-corrected chi connectivity index (χ0v) is 10.9. The Balaban J connectivity index is 3.97. The molecule has 0 fully saturated rings. The second-order valence-corrected chi connectivity index (χ2v) is 4.86. The minimum absolute atomic E-state index is 0.0731. The maximum Gasteiger partial charge on any atom is 0.123 e. The van der Waals surface area contributed by atoms with Gasteiger partial charge in [0.05, 0.1) is 0 Å². The molecular formula is C14H24O3. The van der Waals surface area contributed by atoms with E-state index in [4.69, 9.17) is 0 Å². The van der Waals surface area contributed by atoms with Crippen molar-refractivity contribution in [3.8, 4) is 0 Å². The molecule has 0 aromatic rings. The molecule has 3 atom stereocenters. The van der Waals surface area contributed by atoms with E-state index in [-0.39, 0.29) is 17.8 Å². The Labute approximate surface area is 104 Å². The molecule has 0 aromatic carbocycles. The first kappa shape index (κ1) is 16.0. The summed E-state index contributed by atoms with van der Waals surface area (Å²) in [5, 5.41) is 0. The number of unbranched alkanes of at least 4 members (excludes halogenated alkanes) is 1. The van der Waals surface area contributed by atoms with Gasteiger partial charge in [0.25, 0.3) is 0 Å². The van der Waals surface area contributed by atoms with Gasteiger partial charge < -0.3 is 14.4 Å². The average Bonchev–Trinajstić information content (AvgIpc) is 2.37. The molecule has 0 heterocycles. The van der Waals surface area contributed by atoms with E-state index in [1.807, 2.05) is 6.92 Å². The molecular weight excluding hydrogens is 216 g/mol. The molecule has 0 bridgehead atoms. The van der Waals surface area contributed by atoms with E-state index in [1.54, 1.807) is 0 Å². The third-order valence-electron chi connectivity index (χ3n) is 3.13. The van der Waals surface area contributed by atoms with E-state index in [0.717, 1.165) is 51.0 Å². The number of carbonyl (C=O) groups excluding carboxylic acids is 3. The Morgan fingerprint density at radius 3 is 1.94 bits per heavy atom. The van der Waals surface area contributed by atoms with Crippen LogP contribution in [0.4, 0.5) is 0 Å². The van der Waals surface area contributed by atoms with Crippen molar-refractivity contribution in [2.24, 2.45) is 17.8 Å². The molecule has 0 radical (unpaired) electrons. The van der Waals surface area contributed by atoms with Gasteiger partial charge in [-0.2, -0.15) is 0 Å². The molecule has 98 valence electrons. The predicted molar refractivity (Wildman–Crippen MR) is 67.7 cm³/mol. The average molecular weight is 240 g/mol. The molecule has 0 saturated heterocycles. The van der Waals surface area contributed by atoms with Crippen molar-refractivity contribution in [2.75, 3.05) is 0 Å². The standard InChI is InChI=1S/C14H24O3/c1-3-4-5-13(10-16)6-7-14(11-17)8-12(2)9-15/h9-14H,3-8H2,1-2H3. The number of carbonyl (C=O) groups is 3. The quantitative estimate of drug-likeness (QED) is 0.522. The Hall–Kier alpha value is -0.990. The first-order valence-electron chi connectivity index (χ1n) is 6.53. The summed E-state index contributed by atoms with van der Waals surface area (Å²) in [4.78, 5) is 32.2. The van der Waals surface area contributed by atoms with Crippen LogP contribution in [0.15, 0.2) is 0 Å². The minimum atomic E-state index is -0.0840. The summed E-state index contributed by atoms with van der Waals surface area (Å²) in [6, 6.07) is 0. The van der Waals surface area contributed by atoms with Crippen molar-refractivity contribution in [1.29, 1.82) is 0 Å². The number of hydrogen-bond acceptors (Lipinski definition) is 3. The number of hydrogen-bond donors (Lipinski definition) is 0. The third-order valence-corrected chi connectivity index (χ3v) is 3.13. The van der Waals surface area contributed by atoms with E-state index in [1.165, 1.54) is 0 Å². The van der Waals surface area contributed by atoms with Gasteiger partial charge in [-0.1, -0.05) is 26.7 Å². The molecule has 0 aliphatic rings. The normalized spacial score (nSPS) is 15.9. The molecule has 3 nitrogen and oxygen atoms in total. The lowest BCUT2D eigenvalue weighted by Gasteiger charge is -2.14. The highest BCUT2D eigenvalue weighted by Crippen LogP contribution is 2.19. The van der Waals surface area contributed by atoms with E-state index in [2.05, 4.69) is 6.92 Å². The maximum atomic E-state index is 10.9. The lowest BCUT2D eigenvalue weighted by molar-refractivity contribution is -0.115. The maximum absolute atomic E-state index is 10.9. The first-order valence-corrected chi connectivity index (χ1v) is 6.53. The molecule has 0 spiro atoms. The fraction of sp³-hybridized carbons (Fsp3) is 0.786. The van der Waals surface area contributed by atoms with Crippen LogP contribution in [-0.4, -0.2) is 18.9 Å². The van der Waals surface area contributed by atoms with Crippen molar-refractivity contribution in [2.45, 2.75) is 52.4 Å². The van der Waals surface area contributed by atoms with E-state index < -0.39 is 0 Å². The molecule has 0 aromatic heterocycles. The topological polar surface area (TPSA) is 51.2 Å². The molecule has 3 unspecified atom stereocenters. The van der Waals surface area contributed by atoms with Crippen LogP contribution in [0.3, 0.4) is 0 Å². The van der Waals surface area contributed by atoms with E-state index in [0.29, 0.717) is 6.42 Å². The molecule has 0 amide bonds. The van der Waals surface area contributed by atoms with Crippen molar-refractivity contribution >= 4 is 18.9 Å². The van der Waals surface area contributed by atoms with E-state index in [9.17, 15) is 14.4 Å². The summed E-state index contributed by atoms with van der Waals surface area (Å²) in [6.07, 6.45) is 7.94. The van der Waals surface area contributed by atoms with Gasteiger partial charge in [0, 0.05) is 17.8 Å². The fourth-order valence-electron chi connectivity index (χ4n) is 1.95. The van der Waals surface area contributed by atoms with Gasteiger partial charge in [-0.25, -0.2) is 0 Å². The van der Waals surface area contributed by atoms with Gasteiger partial charge in [0.2, 0.25) is 0 Å². The second-order valence-electron chi connectivity index (χ2n) is 4.86. The van der Waals surface area contributed by atoms with Crippen LogP contribution in [0, 0.1) is 17.8 Å². The van der Waals surface area contributed by atoms with Crippen LogP contribution in [0.5, 0.6) is 0 Å². The Morgan fingerprint density at radius 1 is 0.882 bits per heavy atom. The van der Waals surface area contributed by atoms with Gasteiger partial charge >= 0.3 is 0 Å². The summed E-state index contributed by atoms with van der Waals surface area (Å²) in [7, 11) is 0. The molecule has 0 saturated carbocycles. The van der Waals surface area contributed by atoms with Crippen LogP contribution < -0.4 is 0 Å². The van der Waals surface area contributed by atoms with E-state index >= 15 is 0 Å². The second kappa shape index (κ2) is 10.2. The highest BCUT2D eigenvalue weighted by atomic mass is 16.1. The molecule has 0 aliphatic carbocycles. The highest BCUT2D eigenvalue weighted by molar-refractivity contribution is 5.58. The van der Waals surface area contributed by atoms with Crippen molar-refractivity contribution in [1.82, 2.24) is 0 Å². The Bertz CT molecular complexity index is 226. The lowest BCUT2D eigenvalue weighted by Crippen LogP contribution is -2.12. The molecule has 0 rings (SSSR count). The predicted octanol–water partition coefficient (Wildman–Crippen LogP) is 2.81. The number of rotatable bonds is 11. The summed E-state index contributed by atoms with van der Waals surface area (Å²) in [6.45, 7) is 3.92. The van der Waals surface area contributed by atoms with Gasteiger partial charge in [0.15, 0.2) is 0 Å². The summed E-state index contributed by atoms with van der Waals surface area (Å²) >= 11 is 0. The first-order chi connectivity index (χ1) is 8.17. The SMILES string of the molecule is CCCCC(C=O)CCC(C=O)CC(C)C=O. The van der Waals surface area contributed by atoms with Crippen LogP contribution in [0.25, 0.3) is 0 Å². The van der Waals surface area contributed by atoms with Gasteiger partial charge in [-0.3, -0.25) is 0 Å². The van der Waals surface area contributed by atoms with Crippen molar-refractivity contribution in [3.63, 3.8) is 0 Å². The molecule has 0 aliphatic heterocycles. The zero-order valence-electron chi connectivity index (χ0n) is 10.9. The van der Waals surface area contributed by atoms with Crippen LogP contribution >= 0.6 is 0 Å². The van der Waals surface area contributed by atoms with Gasteiger partial charge in [0.1, 0.15) is 18.9 Å². The Kier molecular flexibility index (Phi) is 9.59. The van der Waals surface area contributed by atoms with Crippen molar-refractivity contribution in [3.05, 3.63) is 0 Å². The van der Waals surface area contributed by atoms with Crippen molar-refractivity contribution < 1.29 is 14.4 Å². The van der Waals surface area contributed by atoms with Crippen LogP contribution in [-0.2, 0) is 14.4 Å². The minimum Gasteiger partial charge on any atom is -0.303 e. The summed E-state index contributed by atoms with van der Waals surface area (Å²) in [5.74, 6) is -0.0845. The molecule has 0 N–H and O–H groups in total. The fourth-order valence-corrected chi connectivity index (χ4v) is 1.95. The Morgan fingerprint density at radius 2 is 1.47 bits per heavy atom. The molecule has 17 heavy (non-hydrogen) atoms. The van der Waals surface area contributed by atoms with Crippen LogP contribution in [0.1, 0.15) is 52.4 Å². The summed E-state index contributed by atoms with van der Waals surface area (Å²) in [5.41, 5.74) is 0. The van der Waals surface area contributed by atoms with Crippen LogP contribution in [0.2, 0.25) is 0 Å². The molecule has 3 heteroatoms. The third kappa shape index (κ3) is 7.83.